The van der Waals surface area contributed by atoms with Gasteiger partial charge in [0.2, 0.25) is 5.91 Å². The zero-order chi connectivity index (χ0) is 18.7. The molecule has 0 aliphatic carbocycles. The number of benzene rings is 1. The number of terminal acetylenes is 1. The van der Waals surface area contributed by atoms with E-state index in [1.165, 1.54) is 11.8 Å². The molecular formula is C19H19N3O3S. The molecule has 1 amide bonds. The zero-order valence-electron chi connectivity index (χ0n) is 14.5. The van der Waals surface area contributed by atoms with Gasteiger partial charge in [0.25, 0.3) is 5.56 Å². The molecule has 26 heavy (non-hydrogen) atoms. The maximum Gasteiger partial charge on any atom is 0.257 e. The Hall–Kier alpha value is -2.72. The summed E-state index contributed by atoms with van der Waals surface area (Å²) in [5.41, 5.74) is 0.960. The molecule has 1 aliphatic rings. The van der Waals surface area contributed by atoms with Crippen molar-refractivity contribution in [3.8, 4) is 18.1 Å². The largest absolute Gasteiger partial charge is 0.491 e. The average molecular weight is 369 g/mol. The minimum Gasteiger partial charge on any atom is -0.491 e. The van der Waals surface area contributed by atoms with Crippen molar-refractivity contribution in [2.45, 2.75) is 37.4 Å². The lowest BCUT2D eigenvalue weighted by atomic mass is 9.86. The number of carbonyl (C=O) groups excluding carboxylic acids is 1. The van der Waals surface area contributed by atoms with Crippen molar-refractivity contribution in [2.75, 3.05) is 11.1 Å². The minimum absolute atomic E-state index is 0.0213. The number of carbonyl (C=O) groups is 1. The van der Waals surface area contributed by atoms with Crippen LogP contribution in [-0.4, -0.2) is 27.7 Å². The van der Waals surface area contributed by atoms with Crippen LogP contribution in [0.1, 0.15) is 37.3 Å². The number of anilines is 1. The number of nitrogens with zero attached hydrogens (tertiary/aromatic N) is 1. The standard InChI is InChI=1S/C19H19N3O3S/c1-4-9-26-19-21-17-16(18(24)22-19)13(10-15(23)20-17)12-7-5-6-8-14(12)25-11(2)3/h1,5-8,11,13H,9-10H2,2-3H3,(H2,20,21,22,23,24)/t13-/m1/s1. The maximum atomic E-state index is 12.7. The SMILES string of the molecule is C#CCSc1nc2c(c(=O)[nH]1)[C@@H](c1ccccc1OC(C)C)CC(=O)N2. The Morgan fingerprint density at radius 3 is 2.88 bits per heavy atom. The quantitative estimate of drug-likeness (QED) is 0.481. The Morgan fingerprint density at radius 2 is 2.15 bits per heavy atom. The first-order chi connectivity index (χ1) is 12.5. The number of amides is 1. The Balaban J connectivity index is 2.09. The molecule has 0 spiro atoms. The van der Waals surface area contributed by atoms with E-state index in [-0.39, 0.29) is 29.8 Å². The van der Waals surface area contributed by atoms with Crippen molar-refractivity contribution >= 4 is 23.5 Å². The van der Waals surface area contributed by atoms with Crippen molar-refractivity contribution in [1.82, 2.24) is 9.97 Å². The number of H-pyrrole nitrogens is 1. The van der Waals surface area contributed by atoms with Gasteiger partial charge in [0.1, 0.15) is 11.6 Å². The number of aromatic nitrogens is 2. The number of para-hydroxylation sites is 1. The summed E-state index contributed by atoms with van der Waals surface area (Å²) in [4.78, 5) is 32.1. The molecule has 7 heteroatoms. The Kier molecular flexibility index (Phi) is 5.33. The summed E-state index contributed by atoms with van der Waals surface area (Å²) >= 11 is 1.24. The Bertz CT molecular complexity index is 930. The lowest BCUT2D eigenvalue weighted by Gasteiger charge is -2.26. The second-order valence-corrected chi connectivity index (χ2v) is 7.10. The molecular weight excluding hydrogens is 350 g/mol. The number of hydrogen-bond donors (Lipinski definition) is 2. The fraction of sp³-hybridized carbons (Fsp3) is 0.316. The Labute approximate surface area is 155 Å². The molecule has 3 rings (SSSR count). The number of aromatic amines is 1. The van der Waals surface area contributed by atoms with Crippen LogP contribution in [-0.2, 0) is 4.79 Å². The third-order valence-corrected chi connectivity index (χ3v) is 4.66. The van der Waals surface area contributed by atoms with Crippen LogP contribution in [0.3, 0.4) is 0 Å². The van der Waals surface area contributed by atoms with Gasteiger partial charge in [-0.3, -0.25) is 9.59 Å². The molecule has 1 atom stereocenters. The first-order valence-electron chi connectivity index (χ1n) is 8.25. The van der Waals surface area contributed by atoms with Crippen LogP contribution < -0.4 is 15.6 Å². The second-order valence-electron chi connectivity index (χ2n) is 6.14. The van der Waals surface area contributed by atoms with E-state index < -0.39 is 5.92 Å². The predicted molar refractivity (Wildman–Crippen MR) is 102 cm³/mol. The molecule has 6 nitrogen and oxygen atoms in total. The molecule has 0 saturated heterocycles. The molecule has 2 heterocycles. The monoisotopic (exact) mass is 369 g/mol. The van der Waals surface area contributed by atoms with E-state index in [1.54, 1.807) is 0 Å². The molecule has 1 aromatic heterocycles. The second kappa shape index (κ2) is 7.67. The van der Waals surface area contributed by atoms with Gasteiger partial charge in [0.05, 0.1) is 17.4 Å². The van der Waals surface area contributed by atoms with Gasteiger partial charge in [0, 0.05) is 17.9 Å². The van der Waals surface area contributed by atoms with Crippen LogP contribution >= 0.6 is 11.8 Å². The van der Waals surface area contributed by atoms with Crippen molar-refractivity contribution in [1.29, 1.82) is 0 Å². The molecule has 0 fully saturated rings. The molecule has 1 aliphatic heterocycles. The number of nitrogens with one attached hydrogen (secondary N) is 2. The highest BCUT2D eigenvalue weighted by Crippen LogP contribution is 2.38. The molecule has 134 valence electrons. The normalized spacial score (nSPS) is 15.9. The topological polar surface area (TPSA) is 84.1 Å². The van der Waals surface area contributed by atoms with Gasteiger partial charge in [-0.2, -0.15) is 0 Å². The summed E-state index contributed by atoms with van der Waals surface area (Å²) < 4.78 is 5.87. The van der Waals surface area contributed by atoms with Crippen molar-refractivity contribution in [3.05, 3.63) is 45.7 Å². The Morgan fingerprint density at radius 1 is 1.38 bits per heavy atom. The lowest BCUT2D eigenvalue weighted by Crippen LogP contribution is -2.31. The number of thioether (sulfide) groups is 1. The first kappa shape index (κ1) is 18.1. The van der Waals surface area contributed by atoms with E-state index in [9.17, 15) is 9.59 Å². The van der Waals surface area contributed by atoms with Crippen LogP contribution in [0.5, 0.6) is 5.75 Å². The molecule has 0 radical (unpaired) electrons. The van der Waals surface area contributed by atoms with Crippen molar-refractivity contribution in [2.24, 2.45) is 0 Å². The van der Waals surface area contributed by atoms with E-state index in [4.69, 9.17) is 11.2 Å². The van der Waals surface area contributed by atoms with Crippen LogP contribution in [0.15, 0.2) is 34.2 Å². The highest BCUT2D eigenvalue weighted by molar-refractivity contribution is 7.99. The van der Waals surface area contributed by atoms with E-state index in [0.29, 0.717) is 22.2 Å². The minimum atomic E-state index is -0.420. The van der Waals surface area contributed by atoms with Gasteiger partial charge in [-0.15, -0.1) is 6.42 Å². The summed E-state index contributed by atoms with van der Waals surface area (Å²) in [6.07, 6.45) is 5.39. The van der Waals surface area contributed by atoms with Crippen LogP contribution in [0, 0.1) is 12.3 Å². The number of hydrogen-bond acceptors (Lipinski definition) is 5. The number of ether oxygens (including phenoxy) is 1. The van der Waals surface area contributed by atoms with Gasteiger partial charge < -0.3 is 15.0 Å². The third-order valence-electron chi connectivity index (χ3n) is 3.88. The predicted octanol–water partition coefficient (Wildman–Crippen LogP) is 2.76. The van der Waals surface area contributed by atoms with Gasteiger partial charge in [-0.1, -0.05) is 35.9 Å². The molecule has 1 aromatic carbocycles. The summed E-state index contributed by atoms with van der Waals surface area (Å²) in [6, 6.07) is 7.46. The van der Waals surface area contributed by atoms with Gasteiger partial charge in [-0.05, 0) is 19.9 Å². The third kappa shape index (κ3) is 3.75. The van der Waals surface area contributed by atoms with Gasteiger partial charge in [0.15, 0.2) is 5.16 Å². The van der Waals surface area contributed by atoms with E-state index in [2.05, 4.69) is 21.2 Å². The fourth-order valence-corrected chi connectivity index (χ4v) is 3.47. The number of fused-ring (bicyclic) bond motifs is 1. The van der Waals surface area contributed by atoms with Gasteiger partial charge >= 0.3 is 0 Å². The fourth-order valence-electron chi connectivity index (χ4n) is 2.92. The molecule has 2 N–H and O–H groups in total. The summed E-state index contributed by atoms with van der Waals surface area (Å²) in [5.74, 6) is 3.21. The first-order valence-corrected chi connectivity index (χ1v) is 9.24. The number of rotatable bonds is 5. The molecule has 0 bridgehead atoms. The van der Waals surface area contributed by atoms with E-state index in [0.717, 1.165) is 5.56 Å². The lowest BCUT2D eigenvalue weighted by molar-refractivity contribution is -0.116. The zero-order valence-corrected chi connectivity index (χ0v) is 15.4. The van der Waals surface area contributed by atoms with E-state index in [1.807, 2.05) is 38.1 Å². The summed E-state index contributed by atoms with van der Waals surface area (Å²) in [5, 5.41) is 3.09. The highest BCUT2D eigenvalue weighted by Gasteiger charge is 2.32. The average Bonchev–Trinajstić information content (AvgIpc) is 2.59. The van der Waals surface area contributed by atoms with Crippen LogP contribution in [0.25, 0.3) is 0 Å². The van der Waals surface area contributed by atoms with Crippen molar-refractivity contribution < 1.29 is 9.53 Å². The molecule has 0 unspecified atom stereocenters. The summed E-state index contributed by atoms with van der Waals surface area (Å²) in [6.45, 7) is 3.86. The van der Waals surface area contributed by atoms with Gasteiger partial charge in [-0.25, -0.2) is 4.98 Å². The molecule has 2 aromatic rings. The molecule has 0 saturated carbocycles. The van der Waals surface area contributed by atoms with Crippen molar-refractivity contribution in [3.63, 3.8) is 0 Å². The smallest absolute Gasteiger partial charge is 0.257 e. The van der Waals surface area contributed by atoms with Crippen LogP contribution in [0.4, 0.5) is 5.82 Å². The summed E-state index contributed by atoms with van der Waals surface area (Å²) in [7, 11) is 0. The highest BCUT2D eigenvalue weighted by atomic mass is 32.2. The van der Waals surface area contributed by atoms with Crippen LogP contribution in [0.2, 0.25) is 0 Å². The maximum absolute atomic E-state index is 12.7. The van der Waals surface area contributed by atoms with E-state index >= 15 is 0 Å².